The van der Waals surface area contributed by atoms with E-state index in [2.05, 4.69) is 20.3 Å². The monoisotopic (exact) mass is 415 g/mol. The van der Waals surface area contributed by atoms with Gasteiger partial charge in [0.05, 0.1) is 17.7 Å². The first-order valence-electron chi connectivity index (χ1n) is 8.40. The first-order valence-corrected chi connectivity index (χ1v) is 8.78. The molecule has 0 bridgehead atoms. The molecule has 3 heterocycles. The number of aromatic amines is 1. The molecule has 0 saturated carbocycles. The number of hydrogen-bond donors (Lipinski definition) is 1. The molecular weight excluding hydrogens is 402 g/mol. The van der Waals surface area contributed by atoms with Gasteiger partial charge in [-0.25, -0.2) is 9.89 Å². The molecule has 0 spiro atoms. The fourth-order valence-corrected chi connectivity index (χ4v) is 2.90. The zero-order valence-corrected chi connectivity index (χ0v) is 15.8. The zero-order valence-electron chi connectivity index (χ0n) is 15.1. The summed E-state index contributed by atoms with van der Waals surface area (Å²) < 4.78 is 17.1. The summed E-state index contributed by atoms with van der Waals surface area (Å²) in [5.74, 6) is 0.475. The van der Waals surface area contributed by atoms with Gasteiger partial charge < -0.3 is 18.6 Å². The van der Waals surface area contributed by atoms with Crippen LogP contribution in [-0.2, 0) is 17.9 Å². The Hall–Kier alpha value is -3.66. The Morgan fingerprint density at radius 1 is 1.31 bits per heavy atom. The van der Waals surface area contributed by atoms with Crippen LogP contribution in [0.25, 0.3) is 11.3 Å². The van der Waals surface area contributed by atoms with E-state index >= 15 is 0 Å². The molecule has 0 saturated heterocycles. The molecule has 0 atom stereocenters. The predicted octanol–water partition coefficient (Wildman–Crippen LogP) is 2.13. The van der Waals surface area contributed by atoms with Crippen LogP contribution in [0.3, 0.4) is 0 Å². The van der Waals surface area contributed by atoms with E-state index in [0.717, 1.165) is 0 Å². The number of aromatic nitrogens is 5. The summed E-state index contributed by atoms with van der Waals surface area (Å²) in [6.07, 6.45) is 3.04. The van der Waals surface area contributed by atoms with E-state index in [1.54, 1.807) is 28.8 Å². The number of ether oxygens (including phenoxy) is 2. The third-order valence-electron chi connectivity index (χ3n) is 4.04. The molecule has 10 nitrogen and oxygen atoms in total. The molecule has 2 aliphatic heterocycles. The SMILES string of the molecule is COC(=O)c1cn(Cc2nc(COc3ccccc3Cl)no2)cc2c(=O)[nH]nc1-2. The van der Waals surface area contributed by atoms with E-state index in [1.807, 2.05) is 0 Å². The quantitative estimate of drug-likeness (QED) is 0.475. The van der Waals surface area contributed by atoms with Crippen LogP contribution < -0.4 is 10.3 Å². The highest BCUT2D eigenvalue weighted by Gasteiger charge is 2.22. The van der Waals surface area contributed by atoms with E-state index < -0.39 is 11.5 Å². The van der Waals surface area contributed by atoms with Gasteiger partial charge in [0, 0.05) is 12.4 Å². The number of pyridine rings is 1. The summed E-state index contributed by atoms with van der Waals surface area (Å²) in [4.78, 5) is 28.2. The number of carbonyl (C=O) groups excluding carboxylic acids is 1. The van der Waals surface area contributed by atoms with Gasteiger partial charge in [-0.3, -0.25) is 4.79 Å². The van der Waals surface area contributed by atoms with Crippen LogP contribution in [0.4, 0.5) is 0 Å². The normalized spacial score (nSPS) is 11.0. The number of para-hydroxylation sites is 1. The fraction of sp³-hybridized carbons (Fsp3) is 0.167. The molecule has 11 heteroatoms. The van der Waals surface area contributed by atoms with Crippen LogP contribution >= 0.6 is 11.6 Å². The van der Waals surface area contributed by atoms with E-state index in [1.165, 1.54) is 19.5 Å². The maximum atomic E-state index is 12.0. The van der Waals surface area contributed by atoms with Crippen molar-refractivity contribution in [2.75, 3.05) is 7.11 Å². The zero-order chi connectivity index (χ0) is 20.4. The Labute approximate surface area is 168 Å². The molecule has 0 amide bonds. The molecule has 1 aromatic heterocycles. The first-order chi connectivity index (χ1) is 14.0. The number of methoxy groups -OCH3 is 1. The van der Waals surface area contributed by atoms with Crippen LogP contribution in [0.1, 0.15) is 22.1 Å². The largest absolute Gasteiger partial charge is 0.484 e. The number of esters is 1. The molecule has 29 heavy (non-hydrogen) atoms. The smallest absolute Gasteiger partial charge is 0.341 e. The molecule has 0 aliphatic carbocycles. The molecule has 148 valence electrons. The summed E-state index contributed by atoms with van der Waals surface area (Å²) in [5, 5.41) is 10.5. The van der Waals surface area contributed by atoms with Crippen molar-refractivity contribution in [3.63, 3.8) is 0 Å². The van der Waals surface area contributed by atoms with Gasteiger partial charge in [0.25, 0.3) is 5.56 Å². The summed E-state index contributed by atoms with van der Waals surface area (Å²) in [5.41, 5.74) is 0.205. The van der Waals surface area contributed by atoms with Gasteiger partial charge in [-0.15, -0.1) is 0 Å². The molecule has 0 fully saturated rings. The standard InChI is InChI=1S/C18H14ClN5O5/c1-27-18(26)11-7-24(6-10-16(11)21-22-17(10)25)8-15-20-14(23-29-15)9-28-13-5-3-2-4-12(13)19/h2-7H,8-9H2,1H3,(H,22,25). The highest BCUT2D eigenvalue weighted by Crippen LogP contribution is 2.24. The number of fused-ring (bicyclic) bond motifs is 1. The van der Waals surface area contributed by atoms with E-state index in [-0.39, 0.29) is 35.9 Å². The molecule has 2 aromatic rings. The topological polar surface area (TPSA) is 125 Å². The van der Waals surface area contributed by atoms with Crippen LogP contribution in [0, 0.1) is 0 Å². The van der Waals surface area contributed by atoms with Crippen molar-refractivity contribution in [3.8, 4) is 17.0 Å². The number of benzene rings is 1. The lowest BCUT2D eigenvalue weighted by atomic mass is 10.1. The van der Waals surface area contributed by atoms with Crippen molar-refractivity contribution >= 4 is 17.6 Å². The van der Waals surface area contributed by atoms with Crippen LogP contribution in [0.5, 0.6) is 5.75 Å². The maximum absolute atomic E-state index is 12.0. The van der Waals surface area contributed by atoms with Crippen molar-refractivity contribution in [2.45, 2.75) is 13.2 Å². The summed E-state index contributed by atoms with van der Waals surface area (Å²) in [7, 11) is 1.25. The number of nitrogens with zero attached hydrogens (tertiary/aromatic N) is 4. The van der Waals surface area contributed by atoms with Gasteiger partial charge in [-0.1, -0.05) is 28.9 Å². The van der Waals surface area contributed by atoms with Crippen LogP contribution in [0.15, 0.2) is 46.0 Å². The molecule has 0 unspecified atom stereocenters. The minimum Gasteiger partial charge on any atom is -0.484 e. The van der Waals surface area contributed by atoms with Crippen molar-refractivity contribution in [2.24, 2.45) is 0 Å². The van der Waals surface area contributed by atoms with E-state index in [0.29, 0.717) is 16.6 Å². The molecule has 0 radical (unpaired) electrons. The van der Waals surface area contributed by atoms with Crippen LogP contribution in [-0.4, -0.2) is 38.0 Å². The van der Waals surface area contributed by atoms with Gasteiger partial charge in [0.15, 0.2) is 6.61 Å². The Bertz CT molecular complexity index is 1200. The third kappa shape index (κ3) is 3.83. The maximum Gasteiger partial charge on any atom is 0.341 e. The number of carbonyl (C=O) groups is 1. The number of nitrogens with one attached hydrogen (secondary N) is 1. The van der Waals surface area contributed by atoms with Gasteiger partial charge in [-0.05, 0) is 12.1 Å². The summed E-state index contributed by atoms with van der Waals surface area (Å²) >= 11 is 6.04. The Balaban J connectivity index is 1.54. The van der Waals surface area contributed by atoms with E-state index in [4.69, 9.17) is 25.6 Å². The van der Waals surface area contributed by atoms with Crippen LogP contribution in [0.2, 0.25) is 5.02 Å². The average molecular weight is 416 g/mol. The molecule has 1 aromatic carbocycles. The first kappa shape index (κ1) is 18.7. The second kappa shape index (κ2) is 7.76. The Morgan fingerprint density at radius 2 is 2.14 bits per heavy atom. The number of hydrogen-bond acceptors (Lipinski definition) is 8. The Morgan fingerprint density at radius 3 is 2.93 bits per heavy atom. The lowest BCUT2D eigenvalue weighted by Gasteiger charge is -2.09. The van der Waals surface area contributed by atoms with Crippen molar-refractivity contribution in [1.82, 2.24) is 24.9 Å². The molecular formula is C18H14ClN5O5. The predicted molar refractivity (Wildman–Crippen MR) is 100.0 cm³/mol. The summed E-state index contributed by atoms with van der Waals surface area (Å²) in [6.45, 7) is 0.195. The molecule has 2 aliphatic rings. The number of H-pyrrole nitrogens is 1. The fourth-order valence-electron chi connectivity index (χ4n) is 2.71. The lowest BCUT2D eigenvalue weighted by molar-refractivity contribution is 0.0600. The van der Waals surface area contributed by atoms with Gasteiger partial charge in [0.1, 0.15) is 23.6 Å². The number of halogens is 1. The van der Waals surface area contributed by atoms with Gasteiger partial charge >= 0.3 is 5.97 Å². The van der Waals surface area contributed by atoms with Crippen molar-refractivity contribution in [1.29, 1.82) is 0 Å². The Kier molecular flexibility index (Phi) is 5.00. The number of rotatable bonds is 6. The highest BCUT2D eigenvalue weighted by atomic mass is 35.5. The van der Waals surface area contributed by atoms with Crippen molar-refractivity contribution < 1.29 is 18.8 Å². The second-order valence-electron chi connectivity index (χ2n) is 5.97. The van der Waals surface area contributed by atoms with Gasteiger partial charge in [-0.2, -0.15) is 10.1 Å². The molecule has 1 N–H and O–H groups in total. The van der Waals surface area contributed by atoms with E-state index in [9.17, 15) is 9.59 Å². The summed E-state index contributed by atoms with van der Waals surface area (Å²) in [6, 6.07) is 7.04. The second-order valence-corrected chi connectivity index (χ2v) is 6.38. The molecule has 4 rings (SSSR count). The third-order valence-corrected chi connectivity index (χ3v) is 4.35. The average Bonchev–Trinajstić information content (AvgIpc) is 3.33. The minimum absolute atomic E-state index is 0.0663. The van der Waals surface area contributed by atoms with Crippen molar-refractivity contribution in [3.05, 3.63) is 69.3 Å². The minimum atomic E-state index is -0.616. The lowest BCUT2D eigenvalue weighted by Crippen LogP contribution is -2.12. The van der Waals surface area contributed by atoms with Gasteiger partial charge in [0.2, 0.25) is 11.7 Å². The highest BCUT2D eigenvalue weighted by molar-refractivity contribution is 6.32.